The first-order valence-electron chi connectivity index (χ1n) is 5.57. The predicted octanol–water partition coefficient (Wildman–Crippen LogP) is 1.47. The number of sulfonamides is 1. The molecule has 0 atom stereocenters. The van der Waals surface area contributed by atoms with Gasteiger partial charge in [0, 0.05) is 17.1 Å². The largest absolute Gasteiger partial charge is 1.00 e. The molecule has 8 heteroatoms. The van der Waals surface area contributed by atoms with Crippen molar-refractivity contribution in [3.05, 3.63) is 41.7 Å². The topological polar surface area (TPSA) is 98.0 Å². The average molecular weight is 386 g/mol. The van der Waals surface area contributed by atoms with E-state index < -0.39 is 10.0 Å². The molecular formula is C12H14AgN4O2S+. The van der Waals surface area contributed by atoms with Crippen LogP contribution < -0.4 is 10.5 Å². The van der Waals surface area contributed by atoms with Gasteiger partial charge < -0.3 is 5.73 Å². The summed E-state index contributed by atoms with van der Waals surface area (Å²) in [4.78, 5) is 8.19. The van der Waals surface area contributed by atoms with E-state index in [2.05, 4.69) is 14.7 Å². The number of anilines is 2. The summed E-state index contributed by atoms with van der Waals surface area (Å²) in [6.45, 7) is 3.55. The summed E-state index contributed by atoms with van der Waals surface area (Å²) >= 11 is 0. The van der Waals surface area contributed by atoms with Gasteiger partial charge in [0.25, 0.3) is 10.0 Å². The molecule has 0 radical (unpaired) electrons. The summed E-state index contributed by atoms with van der Waals surface area (Å²) < 4.78 is 26.6. The summed E-state index contributed by atoms with van der Waals surface area (Å²) in [6.07, 6.45) is 0. The Morgan fingerprint density at radius 3 is 2.05 bits per heavy atom. The molecule has 6 nitrogen and oxygen atoms in total. The number of aryl methyl sites for hydroxylation is 2. The number of hydrogen-bond acceptors (Lipinski definition) is 5. The number of aromatic nitrogens is 2. The van der Waals surface area contributed by atoms with E-state index >= 15 is 0 Å². The number of nitrogen functional groups attached to an aromatic ring is 1. The Hall–Kier alpha value is -1.41. The maximum absolute atomic E-state index is 12.1. The van der Waals surface area contributed by atoms with E-state index in [1.807, 2.05) is 0 Å². The van der Waals surface area contributed by atoms with Crippen molar-refractivity contribution in [1.82, 2.24) is 9.97 Å². The zero-order valence-corrected chi connectivity index (χ0v) is 13.2. The van der Waals surface area contributed by atoms with Crippen LogP contribution in [0.5, 0.6) is 0 Å². The molecule has 0 aliphatic heterocycles. The predicted molar refractivity (Wildman–Crippen MR) is 73.2 cm³/mol. The Kier molecular flexibility index (Phi) is 5.29. The third-order valence-electron chi connectivity index (χ3n) is 2.40. The van der Waals surface area contributed by atoms with Crippen molar-refractivity contribution >= 4 is 21.7 Å². The summed E-state index contributed by atoms with van der Waals surface area (Å²) in [5.41, 5.74) is 7.42. The van der Waals surface area contributed by atoms with Gasteiger partial charge in [-0.1, -0.05) is 0 Å². The molecule has 1 heterocycles. The van der Waals surface area contributed by atoms with Gasteiger partial charge in [-0.3, -0.25) is 0 Å². The standard InChI is InChI=1S/C12H14N4O2S.Ag/c1-8-7-9(2)15-12(14-8)16-19(17,18)11-5-3-10(13)4-6-11;/h3-7H,13H2,1-2H3,(H,14,15,16);/q;+1. The second-order valence-electron chi connectivity index (χ2n) is 4.15. The molecule has 2 aromatic rings. The van der Waals surface area contributed by atoms with Gasteiger partial charge in [-0.15, -0.1) is 0 Å². The molecule has 0 amide bonds. The number of nitrogens with zero attached hydrogens (tertiary/aromatic N) is 2. The Bertz CT molecular complexity index is 682. The number of nitrogens with one attached hydrogen (secondary N) is 1. The number of rotatable bonds is 3. The van der Waals surface area contributed by atoms with Gasteiger partial charge in [-0.25, -0.2) is 23.1 Å². The van der Waals surface area contributed by atoms with Crippen molar-refractivity contribution in [3.63, 3.8) is 0 Å². The SMILES string of the molecule is Cc1cc(C)nc(NS(=O)(=O)c2ccc(N)cc2)n1.[Ag+]. The molecule has 0 unspecified atom stereocenters. The first-order valence-corrected chi connectivity index (χ1v) is 7.06. The molecule has 0 fully saturated rings. The number of nitrogens with two attached hydrogens (primary N) is 1. The van der Waals surface area contributed by atoms with Crippen LogP contribution in [-0.4, -0.2) is 18.4 Å². The molecule has 20 heavy (non-hydrogen) atoms. The van der Waals surface area contributed by atoms with Crippen LogP contribution in [0.3, 0.4) is 0 Å². The normalized spacial score (nSPS) is 10.7. The van der Waals surface area contributed by atoms with Gasteiger partial charge in [-0.2, -0.15) is 0 Å². The molecule has 1 aromatic heterocycles. The molecule has 0 saturated heterocycles. The van der Waals surface area contributed by atoms with Crippen LogP contribution in [-0.2, 0) is 32.4 Å². The van der Waals surface area contributed by atoms with E-state index in [1.54, 1.807) is 19.9 Å². The molecule has 0 bridgehead atoms. The minimum absolute atomic E-state index is 0. The molecule has 110 valence electrons. The zero-order chi connectivity index (χ0) is 14.0. The fourth-order valence-electron chi connectivity index (χ4n) is 1.60. The van der Waals surface area contributed by atoms with Gasteiger partial charge in [0.2, 0.25) is 5.95 Å². The van der Waals surface area contributed by atoms with Crippen LogP contribution in [0.1, 0.15) is 11.4 Å². The second kappa shape index (κ2) is 6.36. The summed E-state index contributed by atoms with van der Waals surface area (Å²) in [5.74, 6) is 0.0642. The van der Waals surface area contributed by atoms with E-state index in [-0.39, 0.29) is 33.2 Å². The Balaban J connectivity index is 0.00000200. The van der Waals surface area contributed by atoms with E-state index in [0.29, 0.717) is 17.1 Å². The fourth-order valence-corrected chi connectivity index (χ4v) is 2.54. The van der Waals surface area contributed by atoms with Crippen molar-refractivity contribution in [2.24, 2.45) is 0 Å². The van der Waals surface area contributed by atoms with Crippen molar-refractivity contribution in [3.8, 4) is 0 Å². The van der Waals surface area contributed by atoms with E-state index in [9.17, 15) is 8.42 Å². The Labute approximate surface area is 133 Å². The molecule has 2 rings (SSSR count). The van der Waals surface area contributed by atoms with Gasteiger partial charge in [0.05, 0.1) is 4.90 Å². The van der Waals surface area contributed by atoms with Gasteiger partial charge in [0.15, 0.2) is 0 Å². The summed E-state index contributed by atoms with van der Waals surface area (Å²) in [7, 11) is -3.69. The van der Waals surface area contributed by atoms with Crippen LogP contribution in [0.15, 0.2) is 35.2 Å². The number of benzene rings is 1. The van der Waals surface area contributed by atoms with Gasteiger partial charge >= 0.3 is 22.4 Å². The van der Waals surface area contributed by atoms with E-state index in [4.69, 9.17) is 5.73 Å². The third kappa shape index (κ3) is 4.04. The first kappa shape index (κ1) is 16.6. The average Bonchev–Trinajstić information content (AvgIpc) is 2.27. The van der Waals surface area contributed by atoms with Crippen LogP contribution in [0.25, 0.3) is 0 Å². The molecular weight excluding hydrogens is 372 g/mol. The minimum atomic E-state index is -3.69. The van der Waals surface area contributed by atoms with E-state index in [0.717, 1.165) is 0 Å². The first-order chi connectivity index (χ1) is 8.87. The molecule has 0 aliphatic carbocycles. The van der Waals surface area contributed by atoms with Crippen molar-refractivity contribution in [2.45, 2.75) is 18.7 Å². The molecule has 0 spiro atoms. The van der Waals surface area contributed by atoms with Crippen molar-refractivity contribution in [1.29, 1.82) is 0 Å². The van der Waals surface area contributed by atoms with Crippen LogP contribution in [0.4, 0.5) is 11.6 Å². The van der Waals surface area contributed by atoms with Crippen molar-refractivity contribution < 1.29 is 30.8 Å². The molecule has 0 saturated carbocycles. The summed E-state index contributed by atoms with van der Waals surface area (Å²) in [5, 5.41) is 0. The van der Waals surface area contributed by atoms with Gasteiger partial charge in [-0.05, 0) is 44.2 Å². The molecule has 1 aromatic carbocycles. The summed E-state index contributed by atoms with van der Waals surface area (Å²) in [6, 6.07) is 7.68. The maximum Gasteiger partial charge on any atom is 1.00 e. The van der Waals surface area contributed by atoms with Crippen LogP contribution >= 0.6 is 0 Å². The smallest absolute Gasteiger partial charge is 0.399 e. The Morgan fingerprint density at radius 2 is 1.55 bits per heavy atom. The third-order valence-corrected chi connectivity index (χ3v) is 3.74. The quantitative estimate of drug-likeness (QED) is 0.615. The van der Waals surface area contributed by atoms with Crippen LogP contribution in [0, 0.1) is 13.8 Å². The monoisotopic (exact) mass is 385 g/mol. The molecule has 0 aliphatic rings. The zero-order valence-electron chi connectivity index (χ0n) is 10.9. The molecule has 3 N–H and O–H groups in total. The maximum atomic E-state index is 12.1. The van der Waals surface area contributed by atoms with Crippen molar-refractivity contribution in [2.75, 3.05) is 10.5 Å². The van der Waals surface area contributed by atoms with Gasteiger partial charge in [0.1, 0.15) is 0 Å². The number of hydrogen-bond donors (Lipinski definition) is 2. The fraction of sp³-hybridized carbons (Fsp3) is 0.167. The second-order valence-corrected chi connectivity index (χ2v) is 5.83. The van der Waals surface area contributed by atoms with Crippen LogP contribution in [0.2, 0.25) is 0 Å². The minimum Gasteiger partial charge on any atom is -0.399 e. The Morgan fingerprint density at radius 1 is 1.05 bits per heavy atom. The van der Waals surface area contributed by atoms with E-state index in [1.165, 1.54) is 24.3 Å².